The summed E-state index contributed by atoms with van der Waals surface area (Å²) in [6.07, 6.45) is -7.85. The van der Waals surface area contributed by atoms with Crippen molar-refractivity contribution in [3.63, 3.8) is 0 Å². The summed E-state index contributed by atoms with van der Waals surface area (Å²) in [7, 11) is 0. The zero-order valence-electron chi connectivity index (χ0n) is 15.6. The summed E-state index contributed by atoms with van der Waals surface area (Å²) in [5.41, 5.74) is 1.26. The number of aromatic carboxylic acids is 1. The summed E-state index contributed by atoms with van der Waals surface area (Å²) in [4.78, 5) is 18.2. The van der Waals surface area contributed by atoms with E-state index in [2.05, 4.69) is 4.98 Å². The van der Waals surface area contributed by atoms with Crippen LogP contribution in [-0.4, -0.2) is 59.7 Å². The number of hydrogen-bond acceptors (Lipinski definition) is 5. The minimum absolute atomic E-state index is 0.0264. The van der Waals surface area contributed by atoms with Crippen molar-refractivity contribution in [1.82, 2.24) is 4.98 Å². The van der Waals surface area contributed by atoms with Crippen LogP contribution in [0.3, 0.4) is 0 Å². The van der Waals surface area contributed by atoms with Gasteiger partial charge >= 0.3 is 12.1 Å². The summed E-state index contributed by atoms with van der Waals surface area (Å²) in [5.74, 6) is -0.835. The van der Waals surface area contributed by atoms with Crippen molar-refractivity contribution in [1.29, 1.82) is 0 Å². The molecule has 1 aromatic rings. The molecule has 0 saturated carbocycles. The van der Waals surface area contributed by atoms with E-state index in [4.69, 9.17) is 4.74 Å². The molecule has 0 amide bonds. The van der Waals surface area contributed by atoms with Gasteiger partial charge in [0.2, 0.25) is 0 Å². The van der Waals surface area contributed by atoms with Crippen molar-refractivity contribution in [2.75, 3.05) is 31.2 Å². The molecule has 0 aliphatic carbocycles. The third kappa shape index (κ3) is 4.90. The summed E-state index contributed by atoms with van der Waals surface area (Å²) < 4.78 is 43.4. The number of pyridine rings is 1. The number of rotatable bonds is 6. The molecule has 9 heteroatoms. The number of aliphatic hydroxyl groups is 1. The van der Waals surface area contributed by atoms with Gasteiger partial charge in [0.25, 0.3) is 0 Å². The van der Waals surface area contributed by atoms with E-state index in [1.165, 1.54) is 0 Å². The molecule has 0 spiro atoms. The average molecular weight is 390 g/mol. The van der Waals surface area contributed by atoms with Crippen LogP contribution in [0, 0.1) is 6.92 Å². The Balaban J connectivity index is 2.52. The first-order chi connectivity index (χ1) is 12.5. The molecule has 2 rings (SSSR count). The maximum absolute atomic E-state index is 12.7. The molecule has 0 aromatic carbocycles. The van der Waals surface area contributed by atoms with E-state index in [0.717, 1.165) is 0 Å². The van der Waals surface area contributed by atoms with E-state index in [1.807, 2.05) is 18.7 Å². The van der Waals surface area contributed by atoms with Gasteiger partial charge in [-0.05, 0) is 36.8 Å². The highest BCUT2D eigenvalue weighted by Gasteiger charge is 2.38. The van der Waals surface area contributed by atoms with Crippen molar-refractivity contribution in [3.05, 3.63) is 22.4 Å². The molecule has 0 radical (unpaired) electrons. The first-order valence-corrected chi connectivity index (χ1v) is 8.88. The average Bonchev–Trinajstić information content (AvgIpc) is 2.59. The molecule has 27 heavy (non-hydrogen) atoms. The van der Waals surface area contributed by atoms with Crippen LogP contribution in [0.25, 0.3) is 0 Å². The lowest BCUT2D eigenvalue weighted by Gasteiger charge is -2.32. The van der Waals surface area contributed by atoms with Gasteiger partial charge in [-0.3, -0.25) is 0 Å². The fourth-order valence-corrected chi connectivity index (χ4v) is 3.22. The van der Waals surface area contributed by atoms with Crippen LogP contribution < -0.4 is 4.90 Å². The lowest BCUT2D eigenvalue weighted by atomic mass is 9.93. The highest BCUT2D eigenvalue weighted by Crippen LogP contribution is 2.33. The second kappa shape index (κ2) is 8.43. The van der Waals surface area contributed by atoms with Crippen LogP contribution in [0.4, 0.5) is 19.0 Å². The zero-order valence-corrected chi connectivity index (χ0v) is 15.6. The van der Waals surface area contributed by atoms with Crippen molar-refractivity contribution < 1.29 is 32.9 Å². The largest absolute Gasteiger partial charge is 0.478 e. The third-order valence-corrected chi connectivity index (χ3v) is 4.70. The van der Waals surface area contributed by atoms with Crippen molar-refractivity contribution >= 4 is 11.8 Å². The molecule has 1 unspecified atom stereocenters. The van der Waals surface area contributed by atoms with E-state index in [1.54, 1.807) is 6.92 Å². The molecule has 1 atom stereocenters. The maximum Gasteiger partial charge on any atom is 0.414 e. The third-order valence-electron chi connectivity index (χ3n) is 4.70. The minimum atomic E-state index is -4.71. The molecule has 1 fully saturated rings. The number of carboxylic acids is 1. The Morgan fingerprint density at radius 3 is 2.37 bits per heavy atom. The second-order valence-corrected chi connectivity index (χ2v) is 6.95. The van der Waals surface area contributed by atoms with Gasteiger partial charge in [-0.25, -0.2) is 9.78 Å². The van der Waals surface area contributed by atoms with Crippen molar-refractivity contribution in [2.45, 2.75) is 51.8 Å². The van der Waals surface area contributed by atoms with Gasteiger partial charge in [-0.15, -0.1) is 0 Å². The number of carboxylic acid groups (broad SMARTS) is 1. The Labute approximate surface area is 156 Å². The standard InChI is InChI=1S/C18H25F3N2O4/c1-10(2)15-14(17(25)26)11(3)12(4-5-13(24)18(19,20)21)16(22-15)23-6-8-27-9-7-23/h10,13,24H,4-9H2,1-3H3,(H,25,26). The predicted octanol–water partition coefficient (Wildman–Crippen LogP) is 2.90. The Bertz CT molecular complexity index is 686. The first kappa shape index (κ1) is 21.4. The molecule has 1 saturated heterocycles. The van der Waals surface area contributed by atoms with E-state index in [9.17, 15) is 28.2 Å². The normalized spacial score (nSPS) is 16.7. The number of morpholine rings is 1. The number of anilines is 1. The Morgan fingerprint density at radius 1 is 1.30 bits per heavy atom. The van der Waals surface area contributed by atoms with Gasteiger partial charge in [0.1, 0.15) is 11.9 Å². The van der Waals surface area contributed by atoms with Gasteiger partial charge < -0.3 is 19.8 Å². The number of hydrogen-bond donors (Lipinski definition) is 2. The lowest BCUT2D eigenvalue weighted by molar-refractivity contribution is -0.205. The van der Waals surface area contributed by atoms with Crippen LogP contribution in [0.2, 0.25) is 0 Å². The van der Waals surface area contributed by atoms with Gasteiger partial charge in [0.05, 0.1) is 24.5 Å². The van der Waals surface area contributed by atoms with Gasteiger partial charge in [-0.1, -0.05) is 13.8 Å². The number of alkyl halides is 3. The zero-order chi connectivity index (χ0) is 20.4. The molecular formula is C18H25F3N2O4. The number of nitrogens with zero attached hydrogens (tertiary/aromatic N) is 2. The Morgan fingerprint density at radius 2 is 1.89 bits per heavy atom. The SMILES string of the molecule is Cc1c(CCC(O)C(F)(F)F)c(N2CCOCC2)nc(C(C)C)c1C(=O)O. The predicted molar refractivity (Wildman–Crippen MR) is 93.4 cm³/mol. The summed E-state index contributed by atoms with van der Waals surface area (Å²) in [6, 6.07) is 0. The fourth-order valence-electron chi connectivity index (χ4n) is 3.22. The number of ether oxygens (including phenoxy) is 1. The fraction of sp³-hybridized carbons (Fsp3) is 0.667. The van der Waals surface area contributed by atoms with E-state index >= 15 is 0 Å². The van der Waals surface area contributed by atoms with Crippen LogP contribution >= 0.6 is 0 Å². The number of carbonyl (C=O) groups is 1. The first-order valence-electron chi connectivity index (χ1n) is 8.88. The monoisotopic (exact) mass is 390 g/mol. The van der Waals surface area contributed by atoms with Gasteiger partial charge in [-0.2, -0.15) is 13.2 Å². The van der Waals surface area contributed by atoms with E-state index in [-0.39, 0.29) is 17.9 Å². The summed E-state index contributed by atoms with van der Waals surface area (Å²) >= 11 is 0. The molecule has 2 heterocycles. The second-order valence-electron chi connectivity index (χ2n) is 6.95. The molecule has 1 aliphatic heterocycles. The van der Waals surface area contributed by atoms with Crippen LogP contribution in [0.5, 0.6) is 0 Å². The number of aromatic nitrogens is 1. The summed E-state index contributed by atoms with van der Waals surface area (Å²) in [5, 5.41) is 19.0. The van der Waals surface area contributed by atoms with Crippen molar-refractivity contribution in [3.8, 4) is 0 Å². The van der Waals surface area contributed by atoms with Crippen molar-refractivity contribution in [2.24, 2.45) is 0 Å². The Hall–Kier alpha value is -1.87. The molecule has 6 nitrogen and oxygen atoms in total. The number of aliphatic hydroxyl groups excluding tert-OH is 1. The molecule has 0 bridgehead atoms. The Kier molecular flexibility index (Phi) is 6.69. The molecule has 152 valence electrons. The lowest BCUT2D eigenvalue weighted by Crippen LogP contribution is -2.38. The molecular weight excluding hydrogens is 365 g/mol. The molecule has 2 N–H and O–H groups in total. The maximum atomic E-state index is 12.7. The quantitative estimate of drug-likeness (QED) is 0.777. The van der Waals surface area contributed by atoms with E-state index < -0.39 is 24.7 Å². The van der Waals surface area contributed by atoms with Gasteiger partial charge in [0.15, 0.2) is 0 Å². The highest BCUT2D eigenvalue weighted by atomic mass is 19.4. The highest BCUT2D eigenvalue weighted by molar-refractivity contribution is 5.92. The minimum Gasteiger partial charge on any atom is -0.478 e. The number of halogens is 3. The van der Waals surface area contributed by atoms with E-state index in [0.29, 0.717) is 48.9 Å². The van der Waals surface area contributed by atoms with Crippen LogP contribution in [0.15, 0.2) is 0 Å². The van der Waals surface area contributed by atoms with Crippen LogP contribution in [0.1, 0.15) is 53.4 Å². The topological polar surface area (TPSA) is 82.9 Å². The molecule has 1 aliphatic rings. The smallest absolute Gasteiger partial charge is 0.414 e. The van der Waals surface area contributed by atoms with Gasteiger partial charge in [0, 0.05) is 13.1 Å². The molecule has 1 aromatic heterocycles. The van der Waals surface area contributed by atoms with Crippen LogP contribution in [-0.2, 0) is 11.2 Å². The summed E-state index contributed by atoms with van der Waals surface area (Å²) in [6.45, 7) is 7.20.